The molecular formula is C21H23N3O2. The molecule has 0 spiro atoms. The summed E-state index contributed by atoms with van der Waals surface area (Å²) in [6.45, 7) is 5.18. The summed E-state index contributed by atoms with van der Waals surface area (Å²) in [5, 5.41) is 4.15. The second-order valence-corrected chi connectivity index (χ2v) is 6.77. The van der Waals surface area contributed by atoms with Crippen LogP contribution in [0.2, 0.25) is 0 Å². The number of carbonyl (C=O) groups excluding carboxylic acids is 1. The molecule has 0 saturated carbocycles. The van der Waals surface area contributed by atoms with Gasteiger partial charge in [-0.15, -0.1) is 0 Å². The predicted octanol–water partition coefficient (Wildman–Crippen LogP) is 3.37. The molecule has 0 unspecified atom stereocenters. The van der Waals surface area contributed by atoms with Crippen molar-refractivity contribution in [2.75, 3.05) is 0 Å². The van der Waals surface area contributed by atoms with Crippen molar-refractivity contribution in [1.82, 2.24) is 14.9 Å². The topological polar surface area (TPSA) is 64.0 Å². The van der Waals surface area contributed by atoms with Crippen LogP contribution in [0.3, 0.4) is 0 Å². The van der Waals surface area contributed by atoms with Crippen molar-refractivity contribution in [2.24, 2.45) is 5.92 Å². The summed E-state index contributed by atoms with van der Waals surface area (Å²) in [7, 11) is 0. The molecule has 0 atom stereocenters. The highest BCUT2D eigenvalue weighted by Crippen LogP contribution is 2.16. The molecule has 0 aliphatic heterocycles. The number of carbonyl (C=O) groups is 1. The Morgan fingerprint density at radius 3 is 2.54 bits per heavy atom. The van der Waals surface area contributed by atoms with Crippen LogP contribution in [0.5, 0.6) is 0 Å². The lowest BCUT2D eigenvalue weighted by atomic mass is 10.1. The van der Waals surface area contributed by atoms with Gasteiger partial charge in [0.1, 0.15) is 0 Å². The van der Waals surface area contributed by atoms with E-state index in [-0.39, 0.29) is 11.5 Å². The Hall–Kier alpha value is -2.95. The molecule has 26 heavy (non-hydrogen) atoms. The van der Waals surface area contributed by atoms with E-state index in [4.69, 9.17) is 0 Å². The van der Waals surface area contributed by atoms with Crippen molar-refractivity contribution in [3.05, 3.63) is 76.5 Å². The van der Waals surface area contributed by atoms with Gasteiger partial charge >= 0.3 is 0 Å². The number of amides is 1. The smallest absolute Gasteiger partial charge is 0.258 e. The largest absolute Gasteiger partial charge is 0.346 e. The van der Waals surface area contributed by atoms with Gasteiger partial charge in [-0.05, 0) is 30.5 Å². The molecule has 0 saturated heterocycles. The SMILES string of the molecule is CC(C)CCn1cc(C(=O)NCc2ccccn2)c2ccccc2c1=O. The molecule has 3 aromatic rings. The van der Waals surface area contributed by atoms with Crippen molar-refractivity contribution >= 4 is 16.7 Å². The Labute approximate surface area is 152 Å². The number of aromatic nitrogens is 2. The van der Waals surface area contributed by atoms with E-state index in [1.165, 1.54) is 0 Å². The summed E-state index contributed by atoms with van der Waals surface area (Å²) >= 11 is 0. The molecule has 5 heteroatoms. The maximum absolute atomic E-state index is 12.8. The fourth-order valence-electron chi connectivity index (χ4n) is 2.86. The van der Waals surface area contributed by atoms with Gasteiger partial charge in [0.25, 0.3) is 11.5 Å². The number of nitrogens with one attached hydrogen (secondary N) is 1. The quantitative estimate of drug-likeness (QED) is 0.742. The minimum atomic E-state index is -0.204. The minimum absolute atomic E-state index is 0.0532. The molecule has 0 aliphatic carbocycles. The Balaban J connectivity index is 1.94. The van der Waals surface area contributed by atoms with Crippen LogP contribution in [0.1, 0.15) is 36.3 Å². The van der Waals surface area contributed by atoms with E-state index < -0.39 is 0 Å². The molecule has 134 valence electrons. The lowest BCUT2D eigenvalue weighted by molar-refractivity contribution is 0.0951. The summed E-state index contributed by atoms with van der Waals surface area (Å²) in [4.78, 5) is 29.7. The Morgan fingerprint density at radius 2 is 1.85 bits per heavy atom. The lowest BCUT2D eigenvalue weighted by Gasteiger charge is -2.13. The number of hydrogen-bond donors (Lipinski definition) is 1. The molecule has 2 aromatic heterocycles. The van der Waals surface area contributed by atoms with Crippen LogP contribution in [0.25, 0.3) is 10.8 Å². The van der Waals surface area contributed by atoms with Crippen LogP contribution >= 0.6 is 0 Å². The van der Waals surface area contributed by atoms with E-state index in [0.29, 0.717) is 35.3 Å². The first kappa shape index (κ1) is 17.9. The first-order chi connectivity index (χ1) is 12.6. The first-order valence-electron chi connectivity index (χ1n) is 8.86. The number of hydrogen-bond acceptors (Lipinski definition) is 3. The third kappa shape index (κ3) is 3.99. The Kier molecular flexibility index (Phi) is 5.46. The number of benzene rings is 1. The summed E-state index contributed by atoms with van der Waals surface area (Å²) in [5.41, 5.74) is 1.25. The van der Waals surface area contributed by atoms with Gasteiger partial charge in [0.15, 0.2) is 0 Å². The molecule has 0 radical (unpaired) electrons. The van der Waals surface area contributed by atoms with Crippen molar-refractivity contribution in [3.63, 3.8) is 0 Å². The number of nitrogens with zero attached hydrogens (tertiary/aromatic N) is 2. The molecule has 0 fully saturated rings. The maximum atomic E-state index is 12.8. The average molecular weight is 349 g/mol. The van der Waals surface area contributed by atoms with E-state index in [1.807, 2.05) is 36.4 Å². The van der Waals surface area contributed by atoms with Gasteiger partial charge in [-0.2, -0.15) is 0 Å². The zero-order valence-electron chi connectivity index (χ0n) is 15.1. The van der Waals surface area contributed by atoms with Crippen molar-refractivity contribution in [3.8, 4) is 0 Å². The summed E-state index contributed by atoms with van der Waals surface area (Å²) in [5.74, 6) is 0.278. The average Bonchev–Trinajstić information content (AvgIpc) is 2.66. The van der Waals surface area contributed by atoms with E-state index in [2.05, 4.69) is 24.1 Å². The van der Waals surface area contributed by atoms with Gasteiger partial charge in [-0.25, -0.2) is 0 Å². The van der Waals surface area contributed by atoms with E-state index in [0.717, 1.165) is 12.1 Å². The molecule has 0 aliphatic rings. The van der Waals surface area contributed by atoms with Crippen LogP contribution in [0.4, 0.5) is 0 Å². The summed E-state index contributed by atoms with van der Waals surface area (Å²) < 4.78 is 1.65. The van der Waals surface area contributed by atoms with E-state index >= 15 is 0 Å². The molecule has 5 nitrogen and oxygen atoms in total. The van der Waals surface area contributed by atoms with Gasteiger partial charge in [0.2, 0.25) is 0 Å². The van der Waals surface area contributed by atoms with Crippen LogP contribution < -0.4 is 10.9 Å². The van der Waals surface area contributed by atoms with Crippen molar-refractivity contribution in [2.45, 2.75) is 33.4 Å². The standard InChI is InChI=1S/C21H23N3O2/c1-15(2)10-12-24-14-19(17-8-3-4-9-18(17)21(24)26)20(25)23-13-16-7-5-6-11-22-16/h3-9,11,14-15H,10,12-13H2,1-2H3,(H,23,25). The fraction of sp³-hybridized carbons (Fsp3) is 0.286. The highest BCUT2D eigenvalue weighted by atomic mass is 16.2. The zero-order chi connectivity index (χ0) is 18.5. The third-order valence-corrected chi connectivity index (χ3v) is 4.34. The number of aryl methyl sites for hydroxylation is 1. The summed E-state index contributed by atoms with van der Waals surface area (Å²) in [6, 6.07) is 12.8. The maximum Gasteiger partial charge on any atom is 0.258 e. The van der Waals surface area contributed by atoms with Crippen molar-refractivity contribution < 1.29 is 4.79 Å². The summed E-state index contributed by atoms with van der Waals surface area (Å²) in [6.07, 6.45) is 4.26. The second kappa shape index (κ2) is 7.95. The van der Waals surface area contributed by atoms with Gasteiger partial charge < -0.3 is 9.88 Å². The minimum Gasteiger partial charge on any atom is -0.346 e. The molecule has 0 bridgehead atoms. The highest BCUT2D eigenvalue weighted by molar-refractivity contribution is 6.06. The van der Waals surface area contributed by atoms with E-state index in [1.54, 1.807) is 23.0 Å². The molecule has 2 heterocycles. The number of rotatable bonds is 6. The monoisotopic (exact) mass is 349 g/mol. The van der Waals surface area contributed by atoms with Gasteiger partial charge in [-0.1, -0.05) is 38.1 Å². The van der Waals surface area contributed by atoms with Gasteiger partial charge in [0, 0.05) is 29.7 Å². The molecule has 3 rings (SSSR count). The molecule has 1 amide bonds. The van der Waals surface area contributed by atoms with Crippen LogP contribution in [0, 0.1) is 5.92 Å². The fourth-order valence-corrected chi connectivity index (χ4v) is 2.86. The van der Waals surface area contributed by atoms with Crippen molar-refractivity contribution in [1.29, 1.82) is 0 Å². The zero-order valence-corrected chi connectivity index (χ0v) is 15.1. The van der Waals surface area contributed by atoms with Crippen LogP contribution in [-0.4, -0.2) is 15.5 Å². The molecule has 1 N–H and O–H groups in total. The lowest BCUT2D eigenvalue weighted by Crippen LogP contribution is -2.28. The van der Waals surface area contributed by atoms with Crippen LogP contribution in [0.15, 0.2) is 59.7 Å². The number of pyridine rings is 2. The van der Waals surface area contributed by atoms with Gasteiger partial charge in [-0.3, -0.25) is 14.6 Å². The third-order valence-electron chi connectivity index (χ3n) is 4.34. The predicted molar refractivity (Wildman–Crippen MR) is 103 cm³/mol. The highest BCUT2D eigenvalue weighted by Gasteiger charge is 2.14. The number of fused-ring (bicyclic) bond motifs is 1. The second-order valence-electron chi connectivity index (χ2n) is 6.77. The Bertz CT molecular complexity index is 962. The van der Waals surface area contributed by atoms with Gasteiger partial charge in [0.05, 0.1) is 17.8 Å². The Morgan fingerprint density at radius 1 is 1.12 bits per heavy atom. The van der Waals surface area contributed by atoms with E-state index in [9.17, 15) is 9.59 Å². The molecular weight excluding hydrogens is 326 g/mol. The first-order valence-corrected chi connectivity index (χ1v) is 8.86. The normalized spacial score (nSPS) is 11.0. The molecule has 1 aromatic carbocycles. The van der Waals surface area contributed by atoms with Crippen LogP contribution in [-0.2, 0) is 13.1 Å².